The number of benzene rings is 2. The van der Waals surface area contributed by atoms with Crippen molar-refractivity contribution >= 4 is 17.8 Å². The number of ether oxygens (including phenoxy) is 3. The van der Waals surface area contributed by atoms with Gasteiger partial charge in [-0.05, 0) is 31.2 Å². The molecule has 0 aromatic heterocycles. The Bertz CT molecular complexity index is 880. The van der Waals surface area contributed by atoms with Gasteiger partial charge in [0.15, 0.2) is 5.76 Å². The third kappa shape index (κ3) is 3.61. The smallest absolute Gasteiger partial charge is 0.313 e. The van der Waals surface area contributed by atoms with Crippen molar-refractivity contribution in [3.63, 3.8) is 0 Å². The van der Waals surface area contributed by atoms with Crippen LogP contribution in [0.25, 0.3) is 6.08 Å². The normalized spacial score (nSPS) is 14.3. The first-order valence-electron chi connectivity index (χ1n) is 8.51. The Kier molecular flexibility index (Phi) is 5.07. The summed E-state index contributed by atoms with van der Waals surface area (Å²) >= 11 is 0. The SMILES string of the molecule is CCOc1ccccc1/C=C1\Oc2cc(OC(=O)C(C)C)ccc2C1=O. The lowest BCUT2D eigenvalue weighted by molar-refractivity contribution is -0.137. The van der Waals surface area contributed by atoms with Crippen molar-refractivity contribution in [2.45, 2.75) is 20.8 Å². The van der Waals surface area contributed by atoms with Crippen LogP contribution in [-0.4, -0.2) is 18.4 Å². The Labute approximate surface area is 152 Å². The molecule has 0 bridgehead atoms. The molecule has 0 amide bonds. The van der Waals surface area contributed by atoms with Gasteiger partial charge in [0.2, 0.25) is 5.78 Å². The zero-order chi connectivity index (χ0) is 18.7. The van der Waals surface area contributed by atoms with Gasteiger partial charge in [-0.1, -0.05) is 32.0 Å². The molecule has 1 heterocycles. The first kappa shape index (κ1) is 17.7. The van der Waals surface area contributed by atoms with Crippen LogP contribution < -0.4 is 14.2 Å². The molecule has 0 radical (unpaired) electrons. The number of esters is 1. The number of hydrogen-bond donors (Lipinski definition) is 0. The molecule has 0 saturated carbocycles. The number of para-hydroxylation sites is 1. The Morgan fingerprint density at radius 3 is 2.69 bits per heavy atom. The van der Waals surface area contributed by atoms with Crippen LogP contribution in [0, 0.1) is 5.92 Å². The van der Waals surface area contributed by atoms with Crippen LogP contribution in [0.15, 0.2) is 48.2 Å². The van der Waals surface area contributed by atoms with Gasteiger partial charge in [0.1, 0.15) is 17.2 Å². The minimum Gasteiger partial charge on any atom is -0.493 e. The minimum absolute atomic E-state index is 0.208. The molecule has 0 saturated heterocycles. The summed E-state index contributed by atoms with van der Waals surface area (Å²) in [5, 5.41) is 0. The van der Waals surface area contributed by atoms with E-state index in [2.05, 4.69) is 0 Å². The van der Waals surface area contributed by atoms with Gasteiger partial charge in [0, 0.05) is 11.6 Å². The molecular weight excluding hydrogens is 332 g/mol. The minimum atomic E-state index is -0.337. The fourth-order valence-electron chi connectivity index (χ4n) is 2.49. The highest BCUT2D eigenvalue weighted by molar-refractivity contribution is 6.14. The zero-order valence-electron chi connectivity index (χ0n) is 14.9. The van der Waals surface area contributed by atoms with Crippen LogP contribution in [0.1, 0.15) is 36.7 Å². The molecule has 1 aliphatic rings. The van der Waals surface area contributed by atoms with E-state index >= 15 is 0 Å². The van der Waals surface area contributed by atoms with Gasteiger partial charge >= 0.3 is 5.97 Å². The van der Waals surface area contributed by atoms with E-state index in [1.807, 2.05) is 31.2 Å². The second-order valence-corrected chi connectivity index (χ2v) is 6.14. The van der Waals surface area contributed by atoms with Gasteiger partial charge in [0.25, 0.3) is 0 Å². The second-order valence-electron chi connectivity index (χ2n) is 6.14. The van der Waals surface area contributed by atoms with E-state index in [0.29, 0.717) is 29.4 Å². The zero-order valence-corrected chi connectivity index (χ0v) is 14.9. The third-order valence-electron chi connectivity index (χ3n) is 3.84. The molecule has 3 rings (SSSR count). The van der Waals surface area contributed by atoms with E-state index in [-0.39, 0.29) is 23.4 Å². The second kappa shape index (κ2) is 7.44. The molecule has 0 N–H and O–H groups in total. The molecule has 134 valence electrons. The van der Waals surface area contributed by atoms with Crippen LogP contribution in [0.3, 0.4) is 0 Å². The summed E-state index contributed by atoms with van der Waals surface area (Å²) in [4.78, 5) is 24.3. The predicted octanol–water partition coefficient (Wildman–Crippen LogP) is 4.26. The molecule has 2 aromatic rings. The maximum Gasteiger partial charge on any atom is 0.313 e. The molecule has 5 heteroatoms. The Balaban J connectivity index is 1.87. The number of hydrogen-bond acceptors (Lipinski definition) is 5. The molecule has 0 fully saturated rings. The summed E-state index contributed by atoms with van der Waals surface area (Å²) in [6, 6.07) is 12.2. The monoisotopic (exact) mass is 352 g/mol. The quantitative estimate of drug-likeness (QED) is 0.457. The standard InChI is InChI=1S/C21H20O5/c1-4-24-17-8-6-5-7-14(17)11-19-20(22)16-10-9-15(12-18(16)26-19)25-21(23)13(2)3/h5-13H,4H2,1-3H3/b19-11-. The molecular formula is C21H20O5. The first-order valence-corrected chi connectivity index (χ1v) is 8.51. The molecule has 5 nitrogen and oxygen atoms in total. The Morgan fingerprint density at radius 1 is 1.19 bits per heavy atom. The van der Waals surface area contributed by atoms with Gasteiger partial charge in [0.05, 0.1) is 18.1 Å². The average molecular weight is 352 g/mol. The molecule has 0 spiro atoms. The van der Waals surface area contributed by atoms with Crippen LogP contribution in [-0.2, 0) is 4.79 Å². The Morgan fingerprint density at radius 2 is 1.96 bits per heavy atom. The van der Waals surface area contributed by atoms with E-state index in [1.54, 1.807) is 38.1 Å². The molecule has 0 unspecified atom stereocenters. The van der Waals surface area contributed by atoms with E-state index in [9.17, 15) is 9.59 Å². The molecule has 2 aromatic carbocycles. The largest absolute Gasteiger partial charge is 0.493 e. The highest BCUT2D eigenvalue weighted by Crippen LogP contribution is 2.35. The van der Waals surface area contributed by atoms with Crippen molar-refractivity contribution in [1.29, 1.82) is 0 Å². The highest BCUT2D eigenvalue weighted by atomic mass is 16.5. The number of fused-ring (bicyclic) bond motifs is 1. The lowest BCUT2D eigenvalue weighted by Gasteiger charge is -2.07. The number of carbonyl (C=O) groups excluding carboxylic acids is 2. The molecule has 0 aliphatic carbocycles. The number of ketones is 1. The fourth-order valence-corrected chi connectivity index (χ4v) is 2.49. The van der Waals surface area contributed by atoms with Crippen LogP contribution in [0.2, 0.25) is 0 Å². The van der Waals surface area contributed by atoms with E-state index in [0.717, 1.165) is 5.56 Å². The van der Waals surface area contributed by atoms with Crippen molar-refractivity contribution < 1.29 is 23.8 Å². The lowest BCUT2D eigenvalue weighted by atomic mass is 10.1. The van der Waals surface area contributed by atoms with E-state index in [4.69, 9.17) is 14.2 Å². The average Bonchev–Trinajstić information content (AvgIpc) is 2.92. The molecule has 26 heavy (non-hydrogen) atoms. The summed E-state index contributed by atoms with van der Waals surface area (Å²) < 4.78 is 16.6. The van der Waals surface area contributed by atoms with Gasteiger partial charge in [-0.2, -0.15) is 0 Å². The summed E-state index contributed by atoms with van der Waals surface area (Å²) in [5.74, 6) is 0.830. The number of Topliss-reactive ketones (excluding diaryl/α,β-unsaturated/α-hetero) is 1. The van der Waals surface area contributed by atoms with Crippen molar-refractivity contribution in [1.82, 2.24) is 0 Å². The van der Waals surface area contributed by atoms with Crippen LogP contribution in [0.4, 0.5) is 0 Å². The molecule has 1 aliphatic heterocycles. The van der Waals surface area contributed by atoms with Crippen molar-refractivity contribution in [3.05, 3.63) is 59.4 Å². The van der Waals surface area contributed by atoms with Crippen LogP contribution >= 0.6 is 0 Å². The number of rotatable bonds is 5. The van der Waals surface area contributed by atoms with Gasteiger partial charge in [-0.3, -0.25) is 9.59 Å². The van der Waals surface area contributed by atoms with Crippen molar-refractivity contribution in [3.8, 4) is 17.2 Å². The number of allylic oxidation sites excluding steroid dienone is 1. The first-order chi connectivity index (χ1) is 12.5. The highest BCUT2D eigenvalue weighted by Gasteiger charge is 2.28. The summed E-state index contributed by atoms with van der Waals surface area (Å²) in [6.45, 7) is 5.94. The third-order valence-corrected chi connectivity index (χ3v) is 3.84. The van der Waals surface area contributed by atoms with Crippen molar-refractivity contribution in [2.24, 2.45) is 5.92 Å². The molecule has 0 atom stereocenters. The van der Waals surface area contributed by atoms with Crippen molar-refractivity contribution in [2.75, 3.05) is 6.61 Å². The Hall–Kier alpha value is -3.08. The topological polar surface area (TPSA) is 61.8 Å². The lowest BCUT2D eigenvalue weighted by Crippen LogP contribution is -2.14. The summed E-state index contributed by atoms with van der Waals surface area (Å²) in [7, 11) is 0. The van der Waals surface area contributed by atoms with Crippen LogP contribution in [0.5, 0.6) is 17.2 Å². The number of carbonyl (C=O) groups is 2. The predicted molar refractivity (Wildman–Crippen MR) is 97.5 cm³/mol. The van der Waals surface area contributed by atoms with Gasteiger partial charge in [-0.15, -0.1) is 0 Å². The van der Waals surface area contributed by atoms with Gasteiger partial charge < -0.3 is 14.2 Å². The summed E-state index contributed by atoms with van der Waals surface area (Å²) in [6.07, 6.45) is 1.66. The van der Waals surface area contributed by atoms with E-state index < -0.39 is 0 Å². The van der Waals surface area contributed by atoms with Gasteiger partial charge in [-0.25, -0.2) is 0 Å². The maximum atomic E-state index is 12.6. The fraction of sp³-hybridized carbons (Fsp3) is 0.238. The van der Waals surface area contributed by atoms with E-state index in [1.165, 1.54) is 0 Å². The maximum absolute atomic E-state index is 12.6. The summed E-state index contributed by atoms with van der Waals surface area (Å²) in [5.41, 5.74) is 1.20.